The van der Waals surface area contributed by atoms with Crippen LogP contribution >= 0.6 is 11.8 Å². The maximum atomic E-state index is 12.2. The van der Waals surface area contributed by atoms with Gasteiger partial charge in [0, 0.05) is 34.9 Å². The molecule has 0 spiro atoms. The topological polar surface area (TPSA) is 110 Å². The fourth-order valence-electron chi connectivity index (χ4n) is 2.57. The zero-order valence-electron chi connectivity index (χ0n) is 15.4. The van der Waals surface area contributed by atoms with Gasteiger partial charge in [0.2, 0.25) is 5.91 Å². The van der Waals surface area contributed by atoms with Gasteiger partial charge in [0.1, 0.15) is 0 Å². The van der Waals surface area contributed by atoms with E-state index < -0.39 is 5.97 Å². The summed E-state index contributed by atoms with van der Waals surface area (Å²) in [6, 6.07) is 1.89. The Hall–Kier alpha value is -2.42. The van der Waals surface area contributed by atoms with Crippen LogP contribution in [-0.4, -0.2) is 54.8 Å². The van der Waals surface area contributed by atoms with Crippen LogP contribution < -0.4 is 5.32 Å². The Kier molecular flexibility index (Phi) is 6.73. The number of hydrogen-bond acceptors (Lipinski definition) is 6. The van der Waals surface area contributed by atoms with Gasteiger partial charge in [-0.3, -0.25) is 9.59 Å². The van der Waals surface area contributed by atoms with Crippen LogP contribution in [0.1, 0.15) is 28.3 Å². The molecule has 9 heteroatoms. The fraction of sp³-hybridized carbons (Fsp3) is 0.471. The predicted molar refractivity (Wildman–Crippen MR) is 99.8 cm³/mol. The van der Waals surface area contributed by atoms with Gasteiger partial charge in [0.05, 0.1) is 17.9 Å². The maximum Gasteiger partial charge on any atom is 0.313 e. The second-order valence-corrected chi connectivity index (χ2v) is 7.09. The van der Waals surface area contributed by atoms with Crippen molar-refractivity contribution in [1.82, 2.24) is 25.1 Å². The van der Waals surface area contributed by atoms with E-state index in [1.165, 1.54) is 11.8 Å². The van der Waals surface area contributed by atoms with Crippen molar-refractivity contribution in [2.24, 2.45) is 0 Å². The number of aliphatic carboxylic acids is 1. The molecular formula is C17H23N5O3S. The van der Waals surface area contributed by atoms with Crippen molar-refractivity contribution in [3.63, 3.8) is 0 Å². The Morgan fingerprint density at radius 1 is 1.19 bits per heavy atom. The molecule has 2 aromatic heterocycles. The van der Waals surface area contributed by atoms with Gasteiger partial charge in [0.25, 0.3) is 5.95 Å². The summed E-state index contributed by atoms with van der Waals surface area (Å²) in [7, 11) is 0. The van der Waals surface area contributed by atoms with Crippen LogP contribution in [0.3, 0.4) is 0 Å². The average molecular weight is 377 g/mol. The molecule has 2 aromatic rings. The summed E-state index contributed by atoms with van der Waals surface area (Å²) in [5.74, 6) is 0.129. The molecule has 0 atom stereocenters. The number of nitrogens with zero attached hydrogens (tertiary/aromatic N) is 4. The average Bonchev–Trinajstić information content (AvgIpc) is 2.81. The van der Waals surface area contributed by atoms with Gasteiger partial charge in [-0.2, -0.15) is 5.10 Å². The quantitative estimate of drug-likeness (QED) is 0.669. The Labute approximate surface area is 156 Å². The summed E-state index contributed by atoms with van der Waals surface area (Å²) in [4.78, 5) is 31.5. The molecule has 140 valence electrons. The minimum absolute atomic E-state index is 0.0385. The molecule has 2 rings (SSSR count). The first-order valence-corrected chi connectivity index (χ1v) is 9.37. The van der Waals surface area contributed by atoms with E-state index in [1.54, 1.807) is 4.68 Å². The molecule has 26 heavy (non-hydrogen) atoms. The highest BCUT2D eigenvalue weighted by molar-refractivity contribution is 7.99. The van der Waals surface area contributed by atoms with Crippen molar-refractivity contribution >= 4 is 23.6 Å². The predicted octanol–water partition coefficient (Wildman–Crippen LogP) is 1.37. The van der Waals surface area contributed by atoms with Crippen molar-refractivity contribution in [2.45, 2.75) is 34.1 Å². The molecule has 0 aliphatic heterocycles. The van der Waals surface area contributed by atoms with Gasteiger partial charge < -0.3 is 10.4 Å². The van der Waals surface area contributed by atoms with Gasteiger partial charge in [-0.15, -0.1) is 11.8 Å². The number of thioether (sulfide) groups is 1. The lowest BCUT2D eigenvalue weighted by molar-refractivity contribution is -0.133. The number of rotatable bonds is 8. The van der Waals surface area contributed by atoms with Crippen molar-refractivity contribution in [1.29, 1.82) is 0 Å². The van der Waals surface area contributed by atoms with Crippen LogP contribution in [0.5, 0.6) is 0 Å². The Morgan fingerprint density at radius 3 is 2.46 bits per heavy atom. The zero-order valence-corrected chi connectivity index (χ0v) is 16.2. The highest BCUT2D eigenvalue weighted by Crippen LogP contribution is 2.17. The number of carbonyl (C=O) groups excluding carboxylic acids is 1. The smallest absolute Gasteiger partial charge is 0.313 e. The number of amides is 1. The van der Waals surface area contributed by atoms with Crippen molar-refractivity contribution < 1.29 is 14.7 Å². The SMILES string of the molecule is Cc1cc(C)nc(-n2nc(C)c(CC(=O)NCCSCC(=O)O)c2C)n1. The van der Waals surface area contributed by atoms with Crippen molar-refractivity contribution in [3.8, 4) is 5.95 Å². The van der Waals surface area contributed by atoms with E-state index in [0.29, 0.717) is 18.2 Å². The van der Waals surface area contributed by atoms with Gasteiger partial charge in [0.15, 0.2) is 0 Å². The maximum absolute atomic E-state index is 12.2. The van der Waals surface area contributed by atoms with Gasteiger partial charge >= 0.3 is 5.97 Å². The van der Waals surface area contributed by atoms with E-state index in [9.17, 15) is 9.59 Å². The second-order valence-electron chi connectivity index (χ2n) is 5.98. The van der Waals surface area contributed by atoms with E-state index in [1.807, 2.05) is 33.8 Å². The lowest BCUT2D eigenvalue weighted by atomic mass is 10.1. The first kappa shape index (κ1) is 19.9. The second kappa shape index (κ2) is 8.79. The summed E-state index contributed by atoms with van der Waals surface area (Å²) in [6.07, 6.45) is 0.214. The lowest BCUT2D eigenvalue weighted by Crippen LogP contribution is -2.27. The molecule has 0 aromatic carbocycles. The molecule has 0 saturated heterocycles. The number of carbonyl (C=O) groups is 2. The number of aromatic nitrogens is 4. The Bertz CT molecular complexity index is 799. The van der Waals surface area contributed by atoms with Crippen LogP contribution in [0, 0.1) is 27.7 Å². The van der Waals surface area contributed by atoms with E-state index in [2.05, 4.69) is 20.4 Å². The van der Waals surface area contributed by atoms with Gasteiger partial charge in [-0.25, -0.2) is 14.6 Å². The third-order valence-corrected chi connectivity index (χ3v) is 4.68. The summed E-state index contributed by atoms with van der Waals surface area (Å²) < 4.78 is 1.67. The first-order valence-electron chi connectivity index (χ1n) is 8.22. The van der Waals surface area contributed by atoms with Crippen LogP contribution in [0.2, 0.25) is 0 Å². The summed E-state index contributed by atoms with van der Waals surface area (Å²) >= 11 is 1.27. The summed E-state index contributed by atoms with van der Waals surface area (Å²) in [5.41, 5.74) is 4.17. The third kappa shape index (κ3) is 5.29. The number of nitrogens with one attached hydrogen (secondary N) is 1. The highest BCUT2D eigenvalue weighted by Gasteiger charge is 2.17. The van der Waals surface area contributed by atoms with Crippen LogP contribution in [0.4, 0.5) is 0 Å². The monoisotopic (exact) mass is 377 g/mol. The summed E-state index contributed by atoms with van der Waals surface area (Å²) in [5, 5.41) is 15.9. The molecule has 0 radical (unpaired) electrons. The Balaban J connectivity index is 2.03. The van der Waals surface area contributed by atoms with Crippen LogP contribution in [-0.2, 0) is 16.0 Å². The molecule has 2 N–H and O–H groups in total. The normalized spacial score (nSPS) is 10.8. The highest BCUT2D eigenvalue weighted by atomic mass is 32.2. The number of carboxylic acids is 1. The van der Waals surface area contributed by atoms with E-state index in [0.717, 1.165) is 28.3 Å². The lowest BCUT2D eigenvalue weighted by Gasteiger charge is -2.07. The molecular weight excluding hydrogens is 354 g/mol. The van der Waals surface area contributed by atoms with Gasteiger partial charge in [-0.1, -0.05) is 0 Å². The molecule has 0 aliphatic carbocycles. The fourth-order valence-corrected chi connectivity index (χ4v) is 3.14. The molecule has 8 nitrogen and oxygen atoms in total. The molecule has 0 bridgehead atoms. The standard InChI is InChI=1S/C17H23N5O3S/c1-10-7-11(2)20-17(19-10)22-13(4)14(12(3)21-22)8-15(23)18-5-6-26-9-16(24)25/h7H,5-6,8-9H2,1-4H3,(H,18,23)(H,24,25). The van der Waals surface area contributed by atoms with Gasteiger partial charge in [-0.05, 0) is 33.8 Å². The van der Waals surface area contributed by atoms with E-state index >= 15 is 0 Å². The largest absolute Gasteiger partial charge is 0.481 e. The van der Waals surface area contributed by atoms with Crippen molar-refractivity contribution in [2.75, 3.05) is 18.1 Å². The van der Waals surface area contributed by atoms with E-state index in [4.69, 9.17) is 5.11 Å². The molecule has 0 unspecified atom stereocenters. The third-order valence-electron chi connectivity index (χ3n) is 3.73. The zero-order chi connectivity index (χ0) is 19.3. The first-order chi connectivity index (χ1) is 12.3. The van der Waals surface area contributed by atoms with Crippen LogP contribution in [0.15, 0.2) is 6.07 Å². The molecule has 0 saturated carbocycles. The minimum atomic E-state index is -0.853. The van der Waals surface area contributed by atoms with Crippen LogP contribution in [0.25, 0.3) is 5.95 Å². The minimum Gasteiger partial charge on any atom is -0.481 e. The number of hydrogen-bond donors (Lipinski definition) is 2. The molecule has 1 amide bonds. The Morgan fingerprint density at radius 2 is 1.85 bits per heavy atom. The van der Waals surface area contributed by atoms with E-state index in [-0.39, 0.29) is 18.1 Å². The number of carboxylic acid groups (broad SMARTS) is 1. The molecule has 0 aliphatic rings. The summed E-state index contributed by atoms with van der Waals surface area (Å²) in [6.45, 7) is 7.99. The molecule has 0 fully saturated rings. The number of aryl methyl sites for hydroxylation is 3. The molecule has 2 heterocycles. The van der Waals surface area contributed by atoms with Crippen molar-refractivity contribution in [3.05, 3.63) is 34.4 Å².